The fraction of sp³-hybridized carbons (Fsp3) is 0.611. The highest BCUT2D eigenvalue weighted by Crippen LogP contribution is 2.36. The lowest BCUT2D eigenvalue weighted by Gasteiger charge is -2.55. The van der Waals surface area contributed by atoms with Crippen molar-refractivity contribution in [2.75, 3.05) is 13.1 Å². The van der Waals surface area contributed by atoms with Crippen molar-refractivity contribution in [2.45, 2.75) is 58.8 Å². The number of carbonyl (C=O) groups is 1. The highest BCUT2D eigenvalue weighted by molar-refractivity contribution is 5.58. The SMILES string of the molecule is C[C@@H]1CN(Cc2ccc([N+](=O)[O-])cc2)C[C@H](C)[N+]1(C(=O)O)C(C)(C)C. The van der Waals surface area contributed by atoms with Crippen molar-refractivity contribution < 1.29 is 19.3 Å². The molecule has 1 aliphatic heterocycles. The minimum absolute atomic E-state index is 0.0454. The van der Waals surface area contributed by atoms with Crippen molar-refractivity contribution in [2.24, 2.45) is 0 Å². The maximum atomic E-state index is 12.2. The quantitative estimate of drug-likeness (QED) is 0.512. The van der Waals surface area contributed by atoms with Gasteiger partial charge in [0.05, 0.1) is 18.0 Å². The topological polar surface area (TPSA) is 83.7 Å². The molecule has 0 spiro atoms. The molecule has 0 radical (unpaired) electrons. The van der Waals surface area contributed by atoms with Gasteiger partial charge in [0.1, 0.15) is 17.6 Å². The van der Waals surface area contributed by atoms with Crippen molar-refractivity contribution in [1.82, 2.24) is 4.90 Å². The van der Waals surface area contributed by atoms with Crippen LogP contribution in [0.5, 0.6) is 0 Å². The molecular formula is C18H28N3O4+. The molecule has 1 aliphatic rings. The lowest BCUT2D eigenvalue weighted by Crippen LogP contribution is -2.77. The number of non-ortho nitro benzene ring substituents is 1. The number of nitro groups is 1. The molecular weight excluding hydrogens is 322 g/mol. The van der Waals surface area contributed by atoms with Gasteiger partial charge in [-0.15, -0.1) is 0 Å². The zero-order valence-corrected chi connectivity index (χ0v) is 15.6. The Morgan fingerprint density at radius 2 is 1.72 bits per heavy atom. The normalized spacial score (nSPS) is 27.9. The lowest BCUT2D eigenvalue weighted by atomic mass is 9.91. The standard InChI is InChI=1S/C18H27N3O4/c1-13-10-19(12-15-6-8-16(9-7-15)20(24)25)11-14(2)21(13,17(22)23)18(3,4)5/h6-9,13-14H,10-12H2,1-5H3/p+1/t13-,14+,21?. The highest BCUT2D eigenvalue weighted by atomic mass is 16.6. The summed E-state index contributed by atoms with van der Waals surface area (Å²) in [4.78, 5) is 24.8. The van der Waals surface area contributed by atoms with Crippen molar-refractivity contribution in [3.63, 3.8) is 0 Å². The Hall–Kier alpha value is -1.99. The number of benzene rings is 1. The molecule has 0 saturated carbocycles. The van der Waals surface area contributed by atoms with Crippen LogP contribution in [0.4, 0.5) is 10.5 Å². The molecule has 7 nitrogen and oxygen atoms in total. The second-order valence-corrected chi connectivity index (χ2v) is 8.05. The molecule has 0 bridgehead atoms. The van der Waals surface area contributed by atoms with E-state index in [2.05, 4.69) is 4.90 Å². The Balaban J connectivity index is 2.19. The van der Waals surface area contributed by atoms with Gasteiger partial charge in [-0.3, -0.25) is 15.0 Å². The van der Waals surface area contributed by atoms with Crippen LogP contribution < -0.4 is 0 Å². The molecule has 1 aromatic rings. The average Bonchev–Trinajstić information content (AvgIpc) is 2.45. The molecule has 0 aliphatic carbocycles. The van der Waals surface area contributed by atoms with E-state index in [1.54, 1.807) is 12.1 Å². The van der Waals surface area contributed by atoms with Gasteiger partial charge in [-0.05, 0) is 40.2 Å². The van der Waals surface area contributed by atoms with Gasteiger partial charge < -0.3 is 5.11 Å². The van der Waals surface area contributed by atoms with Crippen LogP contribution in [0.15, 0.2) is 24.3 Å². The molecule has 0 aromatic heterocycles. The van der Waals surface area contributed by atoms with Gasteiger partial charge in [-0.25, -0.2) is 4.48 Å². The molecule has 1 unspecified atom stereocenters. The number of hydrogen-bond acceptors (Lipinski definition) is 4. The molecule has 1 heterocycles. The van der Waals surface area contributed by atoms with Crippen LogP contribution >= 0.6 is 0 Å². The first-order valence-electron chi connectivity index (χ1n) is 8.57. The number of quaternary nitrogens is 1. The number of amides is 1. The summed E-state index contributed by atoms with van der Waals surface area (Å²) in [5.74, 6) is 0. The molecule has 25 heavy (non-hydrogen) atoms. The van der Waals surface area contributed by atoms with Gasteiger partial charge in [0.25, 0.3) is 5.69 Å². The molecule has 7 heteroatoms. The molecule has 3 atom stereocenters. The molecule has 2 rings (SSSR count). The van der Waals surface area contributed by atoms with E-state index in [4.69, 9.17) is 0 Å². The molecule has 138 valence electrons. The Morgan fingerprint density at radius 3 is 2.08 bits per heavy atom. The first kappa shape index (κ1) is 19.3. The van der Waals surface area contributed by atoms with Crippen LogP contribution in [-0.4, -0.2) is 56.2 Å². The van der Waals surface area contributed by atoms with Gasteiger partial charge in [0.15, 0.2) is 0 Å². The summed E-state index contributed by atoms with van der Waals surface area (Å²) in [5, 5.41) is 20.8. The molecule has 1 amide bonds. The first-order chi connectivity index (χ1) is 11.5. The van der Waals surface area contributed by atoms with Gasteiger partial charge in [0, 0.05) is 18.7 Å². The van der Waals surface area contributed by atoms with E-state index in [0.717, 1.165) is 5.56 Å². The molecule has 1 fully saturated rings. The molecule has 1 saturated heterocycles. The number of nitro benzene ring substituents is 1. The van der Waals surface area contributed by atoms with Gasteiger partial charge in [-0.1, -0.05) is 12.1 Å². The van der Waals surface area contributed by atoms with Crippen LogP contribution in [0.3, 0.4) is 0 Å². The first-order valence-corrected chi connectivity index (χ1v) is 8.57. The Kier molecular flexibility index (Phi) is 5.20. The third-order valence-corrected chi connectivity index (χ3v) is 5.42. The summed E-state index contributed by atoms with van der Waals surface area (Å²) in [6.45, 7) is 12.0. The third kappa shape index (κ3) is 3.39. The van der Waals surface area contributed by atoms with Crippen molar-refractivity contribution in [3.05, 3.63) is 39.9 Å². The summed E-state index contributed by atoms with van der Waals surface area (Å²) < 4.78 is 0.0454. The largest absolute Gasteiger partial charge is 0.514 e. The average molecular weight is 350 g/mol. The fourth-order valence-electron chi connectivity index (χ4n) is 4.61. The monoisotopic (exact) mass is 350 g/mol. The summed E-state index contributed by atoms with van der Waals surface area (Å²) >= 11 is 0. The van der Waals surface area contributed by atoms with E-state index in [1.165, 1.54) is 12.1 Å². The smallest absolute Gasteiger partial charge is 0.435 e. The Labute approximate surface area is 148 Å². The van der Waals surface area contributed by atoms with Crippen molar-refractivity contribution in [1.29, 1.82) is 0 Å². The van der Waals surface area contributed by atoms with Gasteiger partial charge in [-0.2, -0.15) is 4.79 Å². The number of rotatable bonds is 3. The van der Waals surface area contributed by atoms with E-state index < -0.39 is 16.6 Å². The van der Waals surface area contributed by atoms with E-state index in [0.29, 0.717) is 19.6 Å². The van der Waals surface area contributed by atoms with E-state index in [-0.39, 0.29) is 22.3 Å². The van der Waals surface area contributed by atoms with Crippen molar-refractivity contribution >= 4 is 11.8 Å². The zero-order valence-electron chi connectivity index (χ0n) is 15.6. The van der Waals surface area contributed by atoms with Crippen LogP contribution in [0.1, 0.15) is 40.2 Å². The van der Waals surface area contributed by atoms with Crippen LogP contribution in [0.2, 0.25) is 0 Å². The molecule has 1 N–H and O–H groups in total. The maximum absolute atomic E-state index is 12.2. The summed E-state index contributed by atoms with van der Waals surface area (Å²) in [6, 6.07) is 6.45. The lowest BCUT2D eigenvalue weighted by molar-refractivity contribution is -0.949. The number of piperazine rings is 1. The minimum Gasteiger partial charge on any atom is -0.435 e. The van der Waals surface area contributed by atoms with Crippen molar-refractivity contribution in [3.8, 4) is 0 Å². The zero-order chi connectivity index (χ0) is 19.0. The van der Waals surface area contributed by atoms with E-state index >= 15 is 0 Å². The summed E-state index contributed by atoms with van der Waals surface area (Å²) in [7, 11) is 0. The summed E-state index contributed by atoms with van der Waals surface area (Å²) in [6.07, 6.45) is -0.775. The van der Waals surface area contributed by atoms with Crippen LogP contribution in [0, 0.1) is 10.1 Å². The molecule has 1 aromatic carbocycles. The maximum Gasteiger partial charge on any atom is 0.514 e. The van der Waals surface area contributed by atoms with E-state index in [1.807, 2.05) is 34.6 Å². The van der Waals surface area contributed by atoms with Gasteiger partial charge >= 0.3 is 6.09 Å². The fourth-order valence-corrected chi connectivity index (χ4v) is 4.61. The third-order valence-electron chi connectivity index (χ3n) is 5.42. The predicted molar refractivity (Wildman–Crippen MR) is 95.3 cm³/mol. The number of nitrogens with zero attached hydrogens (tertiary/aromatic N) is 3. The minimum atomic E-state index is -0.775. The summed E-state index contributed by atoms with van der Waals surface area (Å²) in [5.41, 5.74) is 0.680. The Bertz CT molecular complexity index is 639. The second-order valence-electron chi connectivity index (χ2n) is 8.05. The Morgan fingerprint density at radius 1 is 1.24 bits per heavy atom. The van der Waals surface area contributed by atoms with Crippen LogP contribution in [-0.2, 0) is 6.54 Å². The highest BCUT2D eigenvalue weighted by Gasteiger charge is 2.58. The number of carboxylic acid groups (broad SMARTS) is 1. The number of hydrogen-bond donors (Lipinski definition) is 1. The van der Waals surface area contributed by atoms with E-state index in [9.17, 15) is 20.0 Å². The van der Waals surface area contributed by atoms with Gasteiger partial charge in [0.2, 0.25) is 0 Å². The van der Waals surface area contributed by atoms with Crippen LogP contribution in [0.25, 0.3) is 0 Å². The second kappa shape index (κ2) is 6.72. The predicted octanol–water partition coefficient (Wildman–Crippen LogP) is 3.48.